The topological polar surface area (TPSA) is 56.1 Å². The van der Waals surface area contributed by atoms with Gasteiger partial charge in [0.05, 0.1) is 19.0 Å². The average molecular weight is 307 g/mol. The van der Waals surface area contributed by atoms with E-state index in [1.807, 2.05) is 48.1 Å². The van der Waals surface area contributed by atoms with Gasteiger partial charge in [0.25, 0.3) is 0 Å². The molecule has 5 heteroatoms. The molecule has 0 unspecified atom stereocenters. The minimum atomic E-state index is -0.256. The van der Waals surface area contributed by atoms with E-state index in [2.05, 4.69) is 16.9 Å². The van der Waals surface area contributed by atoms with Gasteiger partial charge in [-0.25, -0.2) is 4.98 Å². The number of carbonyl (C=O) groups is 1. The summed E-state index contributed by atoms with van der Waals surface area (Å²) in [6, 6.07) is 9.77. The molecule has 2 aromatic heterocycles. The minimum Gasteiger partial charge on any atom is -0.497 e. The smallest absolute Gasteiger partial charge is 0.247 e. The molecule has 0 aliphatic rings. The van der Waals surface area contributed by atoms with Gasteiger partial charge in [0.2, 0.25) is 5.91 Å². The van der Waals surface area contributed by atoms with Crippen LogP contribution in [0.15, 0.2) is 55.4 Å². The second-order valence-corrected chi connectivity index (χ2v) is 5.17. The van der Waals surface area contributed by atoms with E-state index in [4.69, 9.17) is 4.74 Å². The standard InChI is InChI=1S/C18H17N3O2/c1-4-17(22)20-13-9-15-16(11-21(2)18(15)19-10-13)12-5-7-14(23-3)8-6-12/h4-11H,1H2,2-3H3,(H,20,22). The maximum absolute atomic E-state index is 11.5. The Kier molecular flexibility index (Phi) is 3.85. The monoisotopic (exact) mass is 307 g/mol. The highest BCUT2D eigenvalue weighted by Crippen LogP contribution is 2.31. The van der Waals surface area contributed by atoms with Gasteiger partial charge in [-0.05, 0) is 29.8 Å². The molecule has 3 aromatic rings. The largest absolute Gasteiger partial charge is 0.497 e. The molecule has 2 heterocycles. The summed E-state index contributed by atoms with van der Waals surface area (Å²) in [6.45, 7) is 3.46. The normalized spacial score (nSPS) is 10.5. The van der Waals surface area contributed by atoms with Gasteiger partial charge in [-0.1, -0.05) is 18.7 Å². The summed E-state index contributed by atoms with van der Waals surface area (Å²) in [5, 5.41) is 3.71. The maximum atomic E-state index is 11.5. The Morgan fingerprint density at radius 3 is 2.74 bits per heavy atom. The zero-order valence-corrected chi connectivity index (χ0v) is 13.0. The number of benzene rings is 1. The van der Waals surface area contributed by atoms with Crippen molar-refractivity contribution >= 4 is 22.6 Å². The fourth-order valence-corrected chi connectivity index (χ4v) is 2.52. The van der Waals surface area contributed by atoms with E-state index in [0.717, 1.165) is 27.9 Å². The van der Waals surface area contributed by atoms with Crippen LogP contribution in [0.3, 0.4) is 0 Å². The number of aryl methyl sites for hydroxylation is 1. The van der Waals surface area contributed by atoms with Crippen LogP contribution in [-0.2, 0) is 11.8 Å². The maximum Gasteiger partial charge on any atom is 0.247 e. The van der Waals surface area contributed by atoms with Crippen LogP contribution in [0, 0.1) is 0 Å². The quantitative estimate of drug-likeness (QED) is 0.752. The number of ether oxygens (including phenoxy) is 1. The lowest BCUT2D eigenvalue weighted by Gasteiger charge is -2.04. The van der Waals surface area contributed by atoms with E-state index < -0.39 is 0 Å². The summed E-state index contributed by atoms with van der Waals surface area (Å²) in [7, 11) is 3.59. The Morgan fingerprint density at radius 1 is 1.35 bits per heavy atom. The Labute approximate surface area is 134 Å². The molecule has 0 aliphatic carbocycles. The lowest BCUT2D eigenvalue weighted by Crippen LogP contribution is -2.07. The van der Waals surface area contributed by atoms with Crippen LogP contribution in [0.4, 0.5) is 5.69 Å². The van der Waals surface area contributed by atoms with E-state index in [9.17, 15) is 4.79 Å². The molecule has 116 valence electrons. The Hall–Kier alpha value is -3.08. The third-order valence-corrected chi connectivity index (χ3v) is 3.67. The Balaban J connectivity index is 2.09. The molecule has 0 atom stereocenters. The van der Waals surface area contributed by atoms with E-state index in [0.29, 0.717) is 5.69 Å². The molecule has 1 aromatic carbocycles. The number of rotatable bonds is 4. The molecule has 0 fully saturated rings. The first-order valence-electron chi connectivity index (χ1n) is 7.15. The van der Waals surface area contributed by atoms with Crippen LogP contribution in [0.25, 0.3) is 22.2 Å². The molecule has 1 amide bonds. The molecule has 0 aliphatic heterocycles. The third kappa shape index (κ3) is 2.81. The van der Waals surface area contributed by atoms with Gasteiger partial charge in [-0.15, -0.1) is 0 Å². The number of nitrogens with one attached hydrogen (secondary N) is 1. The van der Waals surface area contributed by atoms with Crippen molar-refractivity contribution in [3.05, 3.63) is 55.4 Å². The highest BCUT2D eigenvalue weighted by atomic mass is 16.5. The van der Waals surface area contributed by atoms with Crippen molar-refractivity contribution in [3.8, 4) is 16.9 Å². The SMILES string of the molecule is C=CC(=O)Nc1cnc2c(c1)c(-c1ccc(OC)cc1)cn2C. The van der Waals surface area contributed by atoms with Gasteiger partial charge in [-0.2, -0.15) is 0 Å². The van der Waals surface area contributed by atoms with E-state index >= 15 is 0 Å². The summed E-state index contributed by atoms with van der Waals surface area (Å²) in [5.41, 5.74) is 3.61. The summed E-state index contributed by atoms with van der Waals surface area (Å²) in [5.74, 6) is 0.555. The number of carbonyl (C=O) groups excluding carboxylic acids is 1. The van der Waals surface area contributed by atoms with Crippen LogP contribution in [-0.4, -0.2) is 22.6 Å². The molecule has 1 N–H and O–H groups in total. The fraction of sp³-hybridized carbons (Fsp3) is 0.111. The first kappa shape index (κ1) is 14.8. The molecular weight excluding hydrogens is 290 g/mol. The van der Waals surface area contributed by atoms with Gasteiger partial charge in [0, 0.05) is 24.2 Å². The van der Waals surface area contributed by atoms with Crippen molar-refractivity contribution in [1.82, 2.24) is 9.55 Å². The molecule has 0 saturated carbocycles. The summed E-state index contributed by atoms with van der Waals surface area (Å²) in [6.07, 6.45) is 4.90. The number of hydrogen-bond acceptors (Lipinski definition) is 3. The number of aromatic nitrogens is 2. The lowest BCUT2D eigenvalue weighted by atomic mass is 10.1. The van der Waals surface area contributed by atoms with Crippen LogP contribution < -0.4 is 10.1 Å². The zero-order valence-electron chi connectivity index (χ0n) is 13.0. The number of fused-ring (bicyclic) bond motifs is 1. The predicted octanol–water partition coefficient (Wildman–Crippen LogP) is 3.37. The van der Waals surface area contributed by atoms with Gasteiger partial charge >= 0.3 is 0 Å². The third-order valence-electron chi connectivity index (χ3n) is 3.67. The fourth-order valence-electron chi connectivity index (χ4n) is 2.52. The molecule has 0 radical (unpaired) electrons. The summed E-state index contributed by atoms with van der Waals surface area (Å²) < 4.78 is 7.16. The van der Waals surface area contributed by atoms with Crippen molar-refractivity contribution in [3.63, 3.8) is 0 Å². The van der Waals surface area contributed by atoms with Crippen molar-refractivity contribution in [2.24, 2.45) is 7.05 Å². The Morgan fingerprint density at radius 2 is 2.09 bits per heavy atom. The van der Waals surface area contributed by atoms with Gasteiger partial charge < -0.3 is 14.6 Å². The number of nitrogens with zero attached hydrogens (tertiary/aromatic N) is 2. The van der Waals surface area contributed by atoms with Gasteiger partial charge in [0.15, 0.2) is 0 Å². The van der Waals surface area contributed by atoms with Crippen LogP contribution in [0.5, 0.6) is 5.75 Å². The van der Waals surface area contributed by atoms with E-state index in [1.165, 1.54) is 6.08 Å². The number of pyridine rings is 1. The van der Waals surface area contributed by atoms with Crippen LogP contribution in [0.1, 0.15) is 0 Å². The molecular formula is C18H17N3O2. The number of anilines is 1. The predicted molar refractivity (Wildman–Crippen MR) is 91.5 cm³/mol. The zero-order chi connectivity index (χ0) is 16.4. The van der Waals surface area contributed by atoms with E-state index in [-0.39, 0.29) is 5.91 Å². The number of methoxy groups -OCH3 is 1. The second kappa shape index (κ2) is 5.96. The highest BCUT2D eigenvalue weighted by Gasteiger charge is 2.11. The van der Waals surface area contributed by atoms with E-state index in [1.54, 1.807) is 13.3 Å². The average Bonchev–Trinajstić information content (AvgIpc) is 2.91. The summed E-state index contributed by atoms with van der Waals surface area (Å²) >= 11 is 0. The van der Waals surface area contributed by atoms with Crippen molar-refractivity contribution in [2.45, 2.75) is 0 Å². The molecule has 3 rings (SSSR count). The highest BCUT2D eigenvalue weighted by molar-refractivity contribution is 6.01. The van der Waals surface area contributed by atoms with Crippen molar-refractivity contribution < 1.29 is 9.53 Å². The van der Waals surface area contributed by atoms with Gasteiger partial charge in [0.1, 0.15) is 11.4 Å². The van der Waals surface area contributed by atoms with Crippen LogP contribution >= 0.6 is 0 Å². The summed E-state index contributed by atoms with van der Waals surface area (Å²) in [4.78, 5) is 15.9. The van der Waals surface area contributed by atoms with Crippen LogP contribution in [0.2, 0.25) is 0 Å². The molecule has 0 bridgehead atoms. The van der Waals surface area contributed by atoms with Gasteiger partial charge in [-0.3, -0.25) is 4.79 Å². The molecule has 5 nitrogen and oxygen atoms in total. The minimum absolute atomic E-state index is 0.256. The lowest BCUT2D eigenvalue weighted by molar-refractivity contribution is -0.111. The number of amides is 1. The van der Waals surface area contributed by atoms with Crippen molar-refractivity contribution in [1.29, 1.82) is 0 Å². The molecule has 0 spiro atoms. The second-order valence-electron chi connectivity index (χ2n) is 5.17. The first-order chi connectivity index (χ1) is 11.1. The molecule has 0 saturated heterocycles. The van der Waals surface area contributed by atoms with Crippen molar-refractivity contribution in [2.75, 3.05) is 12.4 Å². The molecule has 23 heavy (non-hydrogen) atoms. The number of hydrogen-bond donors (Lipinski definition) is 1. The first-order valence-corrected chi connectivity index (χ1v) is 7.15. The Bertz CT molecular complexity index is 879.